The lowest BCUT2D eigenvalue weighted by Crippen LogP contribution is -2.42. The van der Waals surface area contributed by atoms with Crippen LogP contribution in [0.2, 0.25) is 10.0 Å². The second-order valence-corrected chi connectivity index (χ2v) is 5.38. The summed E-state index contributed by atoms with van der Waals surface area (Å²) in [6.45, 7) is 6.45. The number of benzene rings is 1. The molecule has 4 heteroatoms. The Balaban J connectivity index is 2.79. The summed E-state index contributed by atoms with van der Waals surface area (Å²) < 4.78 is 5.66. The second-order valence-electron chi connectivity index (χ2n) is 4.57. The molecule has 0 aliphatic rings. The standard InChI is InChI=1S/C14H20Cl2O2/c1-4-14(3,18-5-2)13(17)9-10-6-7-11(15)12(16)8-10/h6-8,13,17H,4-5,9H2,1-3H3. The van der Waals surface area contributed by atoms with Crippen molar-refractivity contribution in [3.05, 3.63) is 33.8 Å². The molecule has 0 heterocycles. The maximum atomic E-state index is 10.3. The Hall–Kier alpha value is -0.280. The van der Waals surface area contributed by atoms with Crippen molar-refractivity contribution in [3.8, 4) is 0 Å². The molecule has 0 saturated heterocycles. The Morgan fingerprint density at radius 2 is 1.94 bits per heavy atom. The van der Waals surface area contributed by atoms with E-state index in [1.165, 1.54) is 0 Å². The van der Waals surface area contributed by atoms with Gasteiger partial charge < -0.3 is 9.84 Å². The van der Waals surface area contributed by atoms with Gasteiger partial charge in [0.15, 0.2) is 0 Å². The molecular formula is C14H20Cl2O2. The van der Waals surface area contributed by atoms with Crippen LogP contribution < -0.4 is 0 Å². The maximum absolute atomic E-state index is 10.3. The summed E-state index contributed by atoms with van der Waals surface area (Å²) in [4.78, 5) is 0. The third-order valence-corrected chi connectivity index (χ3v) is 4.03. The first-order chi connectivity index (χ1) is 8.42. The van der Waals surface area contributed by atoms with E-state index in [-0.39, 0.29) is 0 Å². The summed E-state index contributed by atoms with van der Waals surface area (Å²) in [6, 6.07) is 5.41. The molecule has 1 aromatic rings. The molecular weight excluding hydrogens is 271 g/mol. The number of hydrogen-bond acceptors (Lipinski definition) is 2. The van der Waals surface area contributed by atoms with Gasteiger partial charge in [-0.2, -0.15) is 0 Å². The fraction of sp³-hybridized carbons (Fsp3) is 0.571. The molecule has 0 radical (unpaired) electrons. The second kappa shape index (κ2) is 6.76. The van der Waals surface area contributed by atoms with Crippen molar-refractivity contribution in [1.82, 2.24) is 0 Å². The van der Waals surface area contributed by atoms with E-state index in [0.29, 0.717) is 23.1 Å². The van der Waals surface area contributed by atoms with Gasteiger partial charge in [0.2, 0.25) is 0 Å². The fourth-order valence-electron chi connectivity index (χ4n) is 1.87. The first-order valence-corrected chi connectivity index (χ1v) is 6.94. The predicted octanol–water partition coefficient (Wildman–Crippen LogP) is 4.10. The summed E-state index contributed by atoms with van der Waals surface area (Å²) in [6.07, 6.45) is 0.685. The van der Waals surface area contributed by atoms with E-state index in [0.717, 1.165) is 12.0 Å². The van der Waals surface area contributed by atoms with E-state index < -0.39 is 11.7 Å². The minimum absolute atomic E-state index is 0.501. The first-order valence-electron chi connectivity index (χ1n) is 6.19. The molecule has 1 N–H and O–H groups in total. The van der Waals surface area contributed by atoms with Gasteiger partial charge in [-0.3, -0.25) is 0 Å². The smallest absolute Gasteiger partial charge is 0.0912 e. The lowest BCUT2D eigenvalue weighted by molar-refractivity contribution is -0.110. The molecule has 2 nitrogen and oxygen atoms in total. The third-order valence-electron chi connectivity index (χ3n) is 3.29. The van der Waals surface area contributed by atoms with E-state index in [1.807, 2.05) is 26.8 Å². The maximum Gasteiger partial charge on any atom is 0.0912 e. The summed E-state index contributed by atoms with van der Waals surface area (Å²) in [5.74, 6) is 0. The highest BCUT2D eigenvalue weighted by atomic mass is 35.5. The molecule has 0 spiro atoms. The van der Waals surface area contributed by atoms with Gasteiger partial charge in [-0.1, -0.05) is 36.2 Å². The largest absolute Gasteiger partial charge is 0.390 e. The quantitative estimate of drug-likeness (QED) is 0.855. The molecule has 0 saturated carbocycles. The zero-order valence-corrected chi connectivity index (χ0v) is 12.6. The van der Waals surface area contributed by atoms with E-state index in [1.54, 1.807) is 12.1 Å². The van der Waals surface area contributed by atoms with Gasteiger partial charge in [0.1, 0.15) is 0 Å². The van der Waals surface area contributed by atoms with Gasteiger partial charge in [0, 0.05) is 13.0 Å². The molecule has 18 heavy (non-hydrogen) atoms. The number of aliphatic hydroxyl groups excluding tert-OH is 1. The van der Waals surface area contributed by atoms with Crippen LogP contribution in [0.3, 0.4) is 0 Å². The van der Waals surface area contributed by atoms with Gasteiger partial charge in [0.25, 0.3) is 0 Å². The lowest BCUT2D eigenvalue weighted by atomic mass is 9.91. The van der Waals surface area contributed by atoms with E-state index in [4.69, 9.17) is 27.9 Å². The highest BCUT2D eigenvalue weighted by Crippen LogP contribution is 2.26. The summed E-state index contributed by atoms with van der Waals surface area (Å²) in [7, 11) is 0. The molecule has 102 valence electrons. The molecule has 0 aromatic heterocycles. The molecule has 0 fully saturated rings. The van der Waals surface area contributed by atoms with Crippen LogP contribution in [0.1, 0.15) is 32.8 Å². The number of ether oxygens (including phenoxy) is 1. The topological polar surface area (TPSA) is 29.5 Å². The molecule has 0 aliphatic carbocycles. The number of aliphatic hydroxyl groups is 1. The summed E-state index contributed by atoms with van der Waals surface area (Å²) in [5, 5.41) is 11.3. The Morgan fingerprint density at radius 3 is 2.44 bits per heavy atom. The van der Waals surface area contributed by atoms with Gasteiger partial charge in [-0.05, 0) is 38.0 Å². The van der Waals surface area contributed by atoms with Crippen molar-refractivity contribution < 1.29 is 9.84 Å². The number of hydrogen-bond donors (Lipinski definition) is 1. The van der Waals surface area contributed by atoms with Crippen molar-refractivity contribution in [2.24, 2.45) is 0 Å². The lowest BCUT2D eigenvalue weighted by Gasteiger charge is -2.33. The van der Waals surface area contributed by atoms with Crippen molar-refractivity contribution in [1.29, 1.82) is 0 Å². The fourth-order valence-corrected chi connectivity index (χ4v) is 2.19. The average molecular weight is 291 g/mol. The van der Waals surface area contributed by atoms with Crippen molar-refractivity contribution >= 4 is 23.2 Å². The van der Waals surface area contributed by atoms with Gasteiger partial charge in [-0.25, -0.2) is 0 Å². The van der Waals surface area contributed by atoms with E-state index in [9.17, 15) is 5.11 Å². The van der Waals surface area contributed by atoms with Crippen LogP contribution in [0.4, 0.5) is 0 Å². The minimum atomic E-state index is -0.570. The number of rotatable bonds is 6. The van der Waals surface area contributed by atoms with Crippen LogP contribution in [0, 0.1) is 0 Å². The zero-order valence-electron chi connectivity index (χ0n) is 11.0. The average Bonchev–Trinajstić information content (AvgIpc) is 2.34. The Labute approximate surface area is 119 Å². The molecule has 1 rings (SSSR count). The molecule has 0 bridgehead atoms. The zero-order chi connectivity index (χ0) is 13.8. The van der Waals surface area contributed by atoms with E-state index >= 15 is 0 Å². The van der Waals surface area contributed by atoms with Crippen LogP contribution in [-0.4, -0.2) is 23.4 Å². The normalized spacial score (nSPS) is 16.3. The van der Waals surface area contributed by atoms with Crippen molar-refractivity contribution in [2.75, 3.05) is 6.61 Å². The highest BCUT2D eigenvalue weighted by Gasteiger charge is 2.31. The number of halogens is 2. The summed E-state index contributed by atoms with van der Waals surface area (Å²) in [5.41, 5.74) is 0.428. The highest BCUT2D eigenvalue weighted by molar-refractivity contribution is 6.42. The van der Waals surface area contributed by atoms with Gasteiger partial charge in [0.05, 0.1) is 21.8 Å². The Morgan fingerprint density at radius 1 is 1.28 bits per heavy atom. The third kappa shape index (κ3) is 3.86. The van der Waals surface area contributed by atoms with Crippen LogP contribution in [0.25, 0.3) is 0 Å². The summed E-state index contributed by atoms with van der Waals surface area (Å²) >= 11 is 11.8. The SMILES string of the molecule is CCOC(C)(CC)C(O)Cc1ccc(Cl)c(Cl)c1. The Bertz CT molecular complexity index is 395. The van der Waals surface area contributed by atoms with E-state index in [2.05, 4.69) is 0 Å². The monoisotopic (exact) mass is 290 g/mol. The van der Waals surface area contributed by atoms with Crippen LogP contribution >= 0.6 is 23.2 Å². The molecule has 2 atom stereocenters. The molecule has 0 aliphatic heterocycles. The van der Waals surface area contributed by atoms with Crippen LogP contribution in [0.5, 0.6) is 0 Å². The molecule has 2 unspecified atom stereocenters. The Kier molecular flexibility index (Phi) is 5.93. The van der Waals surface area contributed by atoms with Gasteiger partial charge in [-0.15, -0.1) is 0 Å². The van der Waals surface area contributed by atoms with Gasteiger partial charge >= 0.3 is 0 Å². The molecule has 1 aromatic carbocycles. The predicted molar refractivity (Wildman–Crippen MR) is 76.5 cm³/mol. The van der Waals surface area contributed by atoms with Crippen molar-refractivity contribution in [3.63, 3.8) is 0 Å². The first kappa shape index (κ1) is 15.8. The molecule has 0 amide bonds. The minimum Gasteiger partial charge on any atom is -0.390 e. The van der Waals surface area contributed by atoms with Crippen LogP contribution in [-0.2, 0) is 11.2 Å². The van der Waals surface area contributed by atoms with Crippen molar-refractivity contribution in [2.45, 2.75) is 45.3 Å². The van der Waals surface area contributed by atoms with Crippen LogP contribution in [0.15, 0.2) is 18.2 Å².